The summed E-state index contributed by atoms with van der Waals surface area (Å²) in [6, 6.07) is 4.48. The van der Waals surface area contributed by atoms with Gasteiger partial charge < -0.3 is 15.4 Å². The number of nitrogens with one attached hydrogen (secondary N) is 2. The lowest BCUT2D eigenvalue weighted by molar-refractivity contribution is -0.384. The third kappa shape index (κ3) is 3.49. The second-order valence-corrected chi connectivity index (χ2v) is 5.07. The van der Waals surface area contributed by atoms with Crippen LogP contribution >= 0.6 is 0 Å². The standard InChI is InChI=1S/C14H20N4O3/c1-3-9(4-2)13(19)8-15-14-16-11-6-5-10(18(20)21)7-12(11)17-14/h5-7,9,13,19H,3-4,8H2,1-2H3,(H2,15,16,17). The predicted molar refractivity (Wildman–Crippen MR) is 81.3 cm³/mol. The lowest BCUT2D eigenvalue weighted by Gasteiger charge is -2.19. The van der Waals surface area contributed by atoms with Gasteiger partial charge in [-0.25, -0.2) is 4.98 Å². The van der Waals surface area contributed by atoms with Crippen LogP contribution in [-0.4, -0.2) is 32.6 Å². The lowest BCUT2D eigenvalue weighted by Crippen LogP contribution is -2.27. The van der Waals surface area contributed by atoms with Crippen LogP contribution in [0.2, 0.25) is 0 Å². The Morgan fingerprint density at radius 2 is 2.14 bits per heavy atom. The average Bonchev–Trinajstić information content (AvgIpc) is 2.88. The van der Waals surface area contributed by atoms with Crippen molar-refractivity contribution < 1.29 is 10.0 Å². The molecule has 0 spiro atoms. The number of fused-ring (bicyclic) bond motifs is 1. The molecule has 21 heavy (non-hydrogen) atoms. The van der Waals surface area contributed by atoms with Gasteiger partial charge in [0, 0.05) is 18.7 Å². The van der Waals surface area contributed by atoms with Crippen molar-refractivity contribution in [3.8, 4) is 0 Å². The van der Waals surface area contributed by atoms with Crippen molar-refractivity contribution >= 4 is 22.7 Å². The normalized spacial score (nSPS) is 12.8. The molecule has 2 rings (SSSR count). The highest BCUT2D eigenvalue weighted by Crippen LogP contribution is 2.21. The smallest absolute Gasteiger partial charge is 0.271 e. The lowest BCUT2D eigenvalue weighted by atomic mass is 9.97. The largest absolute Gasteiger partial charge is 0.391 e. The summed E-state index contributed by atoms with van der Waals surface area (Å²) >= 11 is 0. The first-order valence-corrected chi connectivity index (χ1v) is 7.11. The average molecular weight is 292 g/mol. The van der Waals surface area contributed by atoms with Crippen molar-refractivity contribution in [1.82, 2.24) is 9.97 Å². The second kappa shape index (κ2) is 6.53. The molecule has 7 heteroatoms. The van der Waals surface area contributed by atoms with Crippen LogP contribution in [0.5, 0.6) is 0 Å². The fourth-order valence-corrected chi connectivity index (χ4v) is 2.40. The Morgan fingerprint density at radius 1 is 1.43 bits per heavy atom. The summed E-state index contributed by atoms with van der Waals surface area (Å²) in [6.45, 7) is 4.50. The molecule has 0 saturated carbocycles. The van der Waals surface area contributed by atoms with E-state index in [1.54, 1.807) is 6.07 Å². The van der Waals surface area contributed by atoms with E-state index in [9.17, 15) is 15.2 Å². The van der Waals surface area contributed by atoms with E-state index in [0.29, 0.717) is 23.5 Å². The number of aromatic nitrogens is 2. The molecule has 1 atom stereocenters. The number of rotatable bonds is 7. The van der Waals surface area contributed by atoms with Gasteiger partial charge in [0.2, 0.25) is 5.95 Å². The fourth-order valence-electron chi connectivity index (χ4n) is 2.40. The van der Waals surface area contributed by atoms with Gasteiger partial charge >= 0.3 is 0 Å². The zero-order valence-electron chi connectivity index (χ0n) is 12.2. The zero-order valence-corrected chi connectivity index (χ0v) is 12.2. The monoisotopic (exact) mass is 292 g/mol. The molecule has 0 fully saturated rings. The molecule has 0 aliphatic carbocycles. The second-order valence-electron chi connectivity index (χ2n) is 5.07. The van der Waals surface area contributed by atoms with E-state index in [1.165, 1.54) is 12.1 Å². The molecule has 0 radical (unpaired) electrons. The van der Waals surface area contributed by atoms with Crippen molar-refractivity contribution in [3.63, 3.8) is 0 Å². The Kier molecular flexibility index (Phi) is 4.74. The Balaban J connectivity index is 2.07. The van der Waals surface area contributed by atoms with E-state index in [1.807, 2.05) is 0 Å². The molecule has 0 amide bonds. The summed E-state index contributed by atoms with van der Waals surface area (Å²) in [5, 5.41) is 23.8. The van der Waals surface area contributed by atoms with Gasteiger partial charge in [0.25, 0.3) is 5.69 Å². The van der Waals surface area contributed by atoms with Crippen molar-refractivity contribution in [3.05, 3.63) is 28.3 Å². The summed E-state index contributed by atoms with van der Waals surface area (Å²) in [6.07, 6.45) is 1.40. The highest BCUT2D eigenvalue weighted by atomic mass is 16.6. The van der Waals surface area contributed by atoms with Crippen molar-refractivity contribution in [2.24, 2.45) is 5.92 Å². The summed E-state index contributed by atoms with van der Waals surface area (Å²) in [4.78, 5) is 17.6. The minimum Gasteiger partial charge on any atom is -0.391 e. The topological polar surface area (TPSA) is 104 Å². The number of anilines is 1. The van der Waals surface area contributed by atoms with Gasteiger partial charge in [-0.15, -0.1) is 0 Å². The van der Waals surface area contributed by atoms with E-state index in [0.717, 1.165) is 12.8 Å². The first-order chi connectivity index (χ1) is 10.0. The van der Waals surface area contributed by atoms with Crippen LogP contribution in [0.15, 0.2) is 18.2 Å². The first-order valence-electron chi connectivity index (χ1n) is 7.11. The number of nitro groups is 1. The number of aliphatic hydroxyl groups is 1. The van der Waals surface area contributed by atoms with Crippen LogP contribution in [-0.2, 0) is 0 Å². The van der Waals surface area contributed by atoms with Crippen LogP contribution < -0.4 is 5.32 Å². The summed E-state index contributed by atoms with van der Waals surface area (Å²) in [5.41, 5.74) is 1.28. The molecule has 114 valence electrons. The van der Waals surface area contributed by atoms with E-state index in [4.69, 9.17) is 0 Å². The minimum atomic E-state index is -0.442. The molecule has 3 N–H and O–H groups in total. The maximum Gasteiger partial charge on any atom is 0.271 e. The van der Waals surface area contributed by atoms with E-state index in [2.05, 4.69) is 29.1 Å². The molecule has 0 bridgehead atoms. The van der Waals surface area contributed by atoms with Gasteiger partial charge in [-0.1, -0.05) is 26.7 Å². The first kappa shape index (κ1) is 15.2. The summed E-state index contributed by atoms with van der Waals surface area (Å²) < 4.78 is 0. The predicted octanol–water partition coefficient (Wildman–Crippen LogP) is 2.68. The van der Waals surface area contributed by atoms with Crippen molar-refractivity contribution in [2.45, 2.75) is 32.8 Å². The third-order valence-electron chi connectivity index (χ3n) is 3.75. The number of nitro benzene ring substituents is 1. The third-order valence-corrected chi connectivity index (χ3v) is 3.75. The SMILES string of the molecule is CCC(CC)C(O)CNc1nc2ccc([N+](=O)[O-])cc2[nH]1. The number of benzene rings is 1. The molecule has 1 unspecified atom stereocenters. The van der Waals surface area contributed by atoms with Crippen LogP contribution in [0.25, 0.3) is 11.0 Å². The Labute approximate surface area is 122 Å². The zero-order chi connectivity index (χ0) is 15.4. The van der Waals surface area contributed by atoms with Gasteiger partial charge in [0.15, 0.2) is 0 Å². The van der Waals surface area contributed by atoms with Crippen LogP contribution in [0.3, 0.4) is 0 Å². The van der Waals surface area contributed by atoms with Gasteiger partial charge in [0.1, 0.15) is 0 Å². The van der Waals surface area contributed by atoms with Crippen molar-refractivity contribution in [1.29, 1.82) is 0 Å². The highest BCUT2D eigenvalue weighted by molar-refractivity contribution is 5.79. The molecule has 1 aromatic heterocycles. The van der Waals surface area contributed by atoms with Gasteiger partial charge in [0.05, 0.1) is 22.1 Å². The number of H-pyrrole nitrogens is 1. The van der Waals surface area contributed by atoms with E-state index < -0.39 is 11.0 Å². The molecule has 2 aromatic rings. The molecule has 1 aromatic carbocycles. The quantitative estimate of drug-likeness (QED) is 0.537. The Hall–Kier alpha value is -2.15. The highest BCUT2D eigenvalue weighted by Gasteiger charge is 2.16. The summed E-state index contributed by atoms with van der Waals surface area (Å²) in [5.74, 6) is 0.762. The van der Waals surface area contributed by atoms with Crippen molar-refractivity contribution in [2.75, 3.05) is 11.9 Å². The Morgan fingerprint density at radius 3 is 2.76 bits per heavy atom. The maximum atomic E-state index is 10.7. The number of imidazole rings is 1. The van der Waals surface area contributed by atoms with Gasteiger partial charge in [-0.05, 0) is 12.0 Å². The van der Waals surface area contributed by atoms with Crippen LogP contribution in [0.1, 0.15) is 26.7 Å². The number of nitrogens with zero attached hydrogens (tertiary/aromatic N) is 2. The maximum absolute atomic E-state index is 10.7. The fraction of sp³-hybridized carbons (Fsp3) is 0.500. The van der Waals surface area contributed by atoms with E-state index >= 15 is 0 Å². The van der Waals surface area contributed by atoms with E-state index in [-0.39, 0.29) is 11.6 Å². The molecule has 0 saturated heterocycles. The number of hydrogen-bond donors (Lipinski definition) is 3. The van der Waals surface area contributed by atoms with Crippen LogP contribution in [0.4, 0.5) is 11.6 Å². The molecule has 0 aliphatic rings. The van der Waals surface area contributed by atoms with Gasteiger partial charge in [-0.2, -0.15) is 0 Å². The number of hydrogen-bond acceptors (Lipinski definition) is 5. The Bertz CT molecular complexity index is 622. The molecule has 1 heterocycles. The molecule has 0 aliphatic heterocycles. The molecular formula is C14H20N4O3. The minimum absolute atomic E-state index is 0.0229. The van der Waals surface area contributed by atoms with Gasteiger partial charge in [-0.3, -0.25) is 10.1 Å². The summed E-state index contributed by atoms with van der Waals surface area (Å²) in [7, 11) is 0. The number of aliphatic hydroxyl groups excluding tert-OH is 1. The molecular weight excluding hydrogens is 272 g/mol. The van der Waals surface area contributed by atoms with Crippen LogP contribution in [0, 0.1) is 16.0 Å². The molecule has 7 nitrogen and oxygen atoms in total. The number of non-ortho nitro benzene ring substituents is 1. The number of aromatic amines is 1.